The highest BCUT2D eigenvalue weighted by Gasteiger charge is 2.49. The number of rotatable bonds is 1. The highest BCUT2D eigenvalue weighted by Crippen LogP contribution is 2.45. The number of hydrogen-bond donors (Lipinski definition) is 0. The van der Waals surface area contributed by atoms with Gasteiger partial charge in [-0.25, -0.2) is 0 Å². The molecule has 0 aromatic carbocycles. The predicted molar refractivity (Wildman–Crippen MR) is 61.3 cm³/mol. The minimum Gasteiger partial charge on any atom is -0.369 e. The first-order valence-corrected chi connectivity index (χ1v) is 5.63. The maximum atomic E-state index is 4.24. The van der Waals surface area contributed by atoms with E-state index in [2.05, 4.69) is 34.8 Å². The van der Waals surface area contributed by atoms with Crippen molar-refractivity contribution in [1.29, 1.82) is 0 Å². The molecular formula is C12H17N3. The predicted octanol–water partition coefficient (Wildman–Crippen LogP) is 1.10. The molecule has 1 spiro atoms. The van der Waals surface area contributed by atoms with E-state index in [0.717, 1.165) is 6.54 Å². The van der Waals surface area contributed by atoms with E-state index in [4.69, 9.17) is 0 Å². The molecular weight excluding hydrogens is 186 g/mol. The number of hydrogen-bond acceptors (Lipinski definition) is 3. The third-order valence-electron chi connectivity index (χ3n) is 3.73. The molecule has 2 aliphatic rings. The zero-order valence-electron chi connectivity index (χ0n) is 9.40. The Labute approximate surface area is 90.7 Å². The Morgan fingerprint density at radius 2 is 2.20 bits per heavy atom. The smallest absolute Gasteiger partial charge is 0.0592 e. The SMILES string of the molecule is CCN1CC2(CN(C)C2)c2ccncc21. The highest BCUT2D eigenvalue weighted by atomic mass is 15.3. The van der Waals surface area contributed by atoms with Crippen molar-refractivity contribution in [2.24, 2.45) is 0 Å². The van der Waals surface area contributed by atoms with E-state index in [1.54, 1.807) is 0 Å². The Morgan fingerprint density at radius 3 is 2.87 bits per heavy atom. The van der Waals surface area contributed by atoms with Gasteiger partial charge >= 0.3 is 0 Å². The summed E-state index contributed by atoms with van der Waals surface area (Å²) in [7, 11) is 2.20. The molecule has 0 saturated carbocycles. The van der Waals surface area contributed by atoms with Crippen molar-refractivity contribution in [3.05, 3.63) is 24.0 Å². The normalized spacial score (nSPS) is 22.9. The maximum absolute atomic E-state index is 4.24. The van der Waals surface area contributed by atoms with Crippen molar-refractivity contribution < 1.29 is 0 Å². The molecule has 0 N–H and O–H groups in total. The second kappa shape index (κ2) is 2.95. The molecule has 3 nitrogen and oxygen atoms in total. The van der Waals surface area contributed by atoms with Gasteiger partial charge in [-0.15, -0.1) is 0 Å². The molecule has 15 heavy (non-hydrogen) atoms. The number of aromatic nitrogens is 1. The Bertz CT molecular complexity index is 382. The van der Waals surface area contributed by atoms with Crippen LogP contribution in [0.25, 0.3) is 0 Å². The van der Waals surface area contributed by atoms with E-state index in [-0.39, 0.29) is 0 Å². The average molecular weight is 203 g/mol. The van der Waals surface area contributed by atoms with Crippen molar-refractivity contribution in [1.82, 2.24) is 9.88 Å². The lowest BCUT2D eigenvalue weighted by Crippen LogP contribution is -2.59. The average Bonchev–Trinajstić information content (AvgIpc) is 2.54. The summed E-state index contributed by atoms with van der Waals surface area (Å²) < 4.78 is 0. The summed E-state index contributed by atoms with van der Waals surface area (Å²) in [6.45, 7) is 6.87. The van der Waals surface area contributed by atoms with Crippen LogP contribution in [0.15, 0.2) is 18.5 Å². The number of anilines is 1. The molecule has 1 fully saturated rings. The van der Waals surface area contributed by atoms with Gasteiger partial charge < -0.3 is 9.80 Å². The lowest BCUT2D eigenvalue weighted by atomic mass is 9.76. The molecule has 0 atom stereocenters. The van der Waals surface area contributed by atoms with Gasteiger partial charge in [0.15, 0.2) is 0 Å². The third kappa shape index (κ3) is 1.13. The van der Waals surface area contributed by atoms with Gasteiger partial charge in [-0.05, 0) is 25.6 Å². The fraction of sp³-hybridized carbons (Fsp3) is 0.583. The first-order valence-electron chi connectivity index (χ1n) is 5.63. The summed E-state index contributed by atoms with van der Waals surface area (Å²) in [5.41, 5.74) is 3.27. The number of nitrogens with zero attached hydrogens (tertiary/aromatic N) is 3. The van der Waals surface area contributed by atoms with Gasteiger partial charge in [-0.1, -0.05) is 0 Å². The molecule has 3 heterocycles. The summed E-state index contributed by atoms with van der Waals surface area (Å²) >= 11 is 0. The molecule has 0 bridgehead atoms. The Balaban J connectivity index is 2.03. The molecule has 3 rings (SSSR count). The van der Waals surface area contributed by atoms with Gasteiger partial charge in [-0.3, -0.25) is 4.98 Å². The number of pyridine rings is 1. The van der Waals surface area contributed by atoms with Crippen LogP contribution in [0.3, 0.4) is 0 Å². The second-order valence-corrected chi connectivity index (χ2v) is 4.86. The van der Waals surface area contributed by atoms with E-state index < -0.39 is 0 Å². The van der Waals surface area contributed by atoms with Gasteiger partial charge in [0.05, 0.1) is 11.9 Å². The van der Waals surface area contributed by atoms with Crippen LogP contribution in [0, 0.1) is 0 Å². The lowest BCUT2D eigenvalue weighted by molar-refractivity contribution is 0.106. The van der Waals surface area contributed by atoms with Crippen molar-refractivity contribution in [3.63, 3.8) is 0 Å². The fourth-order valence-corrected chi connectivity index (χ4v) is 3.16. The molecule has 80 valence electrons. The van der Waals surface area contributed by atoms with E-state index in [1.165, 1.54) is 30.9 Å². The molecule has 0 aliphatic carbocycles. The van der Waals surface area contributed by atoms with Gasteiger partial charge in [0.2, 0.25) is 0 Å². The summed E-state index contributed by atoms with van der Waals surface area (Å²) in [4.78, 5) is 9.09. The van der Waals surface area contributed by atoms with Crippen molar-refractivity contribution in [3.8, 4) is 0 Å². The lowest BCUT2D eigenvalue weighted by Gasteiger charge is -2.46. The van der Waals surface area contributed by atoms with Crippen LogP contribution in [0.1, 0.15) is 12.5 Å². The first kappa shape index (κ1) is 9.16. The van der Waals surface area contributed by atoms with Crippen LogP contribution in [0.2, 0.25) is 0 Å². The minimum absolute atomic E-state index is 0.406. The van der Waals surface area contributed by atoms with Gasteiger partial charge in [0.25, 0.3) is 0 Å². The van der Waals surface area contributed by atoms with Crippen molar-refractivity contribution >= 4 is 5.69 Å². The maximum Gasteiger partial charge on any atom is 0.0592 e. The zero-order chi connectivity index (χ0) is 10.5. The third-order valence-corrected chi connectivity index (χ3v) is 3.73. The molecule has 3 heteroatoms. The fourth-order valence-electron chi connectivity index (χ4n) is 3.16. The Kier molecular flexibility index (Phi) is 1.80. The first-order chi connectivity index (χ1) is 7.25. The van der Waals surface area contributed by atoms with E-state index in [0.29, 0.717) is 5.41 Å². The molecule has 2 aliphatic heterocycles. The molecule has 0 amide bonds. The monoisotopic (exact) mass is 203 g/mol. The highest BCUT2D eigenvalue weighted by molar-refractivity contribution is 5.62. The van der Waals surface area contributed by atoms with Crippen LogP contribution in [0.4, 0.5) is 5.69 Å². The second-order valence-electron chi connectivity index (χ2n) is 4.86. The van der Waals surface area contributed by atoms with Gasteiger partial charge in [0.1, 0.15) is 0 Å². The summed E-state index contributed by atoms with van der Waals surface area (Å²) in [6.07, 6.45) is 3.95. The van der Waals surface area contributed by atoms with Crippen LogP contribution >= 0.6 is 0 Å². The van der Waals surface area contributed by atoms with Gasteiger partial charge in [0, 0.05) is 37.8 Å². The standard InChI is InChI=1S/C12H17N3/c1-3-15-9-12(7-14(2)8-12)10-4-5-13-6-11(10)15/h4-6H,3,7-9H2,1-2H3. The number of fused-ring (bicyclic) bond motifs is 2. The zero-order valence-corrected chi connectivity index (χ0v) is 9.40. The van der Waals surface area contributed by atoms with Crippen LogP contribution in [-0.4, -0.2) is 43.1 Å². The summed E-state index contributed by atoms with van der Waals surface area (Å²) in [5.74, 6) is 0. The van der Waals surface area contributed by atoms with Crippen LogP contribution in [-0.2, 0) is 5.41 Å². The van der Waals surface area contributed by atoms with Crippen LogP contribution in [0.5, 0.6) is 0 Å². The van der Waals surface area contributed by atoms with E-state index in [1.807, 2.05) is 12.4 Å². The minimum atomic E-state index is 0.406. The summed E-state index contributed by atoms with van der Waals surface area (Å²) in [5, 5.41) is 0. The Morgan fingerprint density at radius 1 is 1.40 bits per heavy atom. The largest absolute Gasteiger partial charge is 0.369 e. The Hall–Kier alpha value is -1.09. The van der Waals surface area contributed by atoms with Gasteiger partial charge in [-0.2, -0.15) is 0 Å². The molecule has 0 radical (unpaired) electrons. The van der Waals surface area contributed by atoms with Crippen molar-refractivity contribution in [2.45, 2.75) is 12.3 Å². The van der Waals surface area contributed by atoms with E-state index in [9.17, 15) is 0 Å². The molecule has 0 unspecified atom stereocenters. The number of likely N-dealkylation sites (tertiary alicyclic amines) is 1. The topological polar surface area (TPSA) is 19.4 Å². The quantitative estimate of drug-likeness (QED) is 0.681. The molecule has 1 saturated heterocycles. The number of likely N-dealkylation sites (N-methyl/N-ethyl adjacent to an activating group) is 2. The van der Waals surface area contributed by atoms with Crippen molar-refractivity contribution in [2.75, 3.05) is 38.1 Å². The summed E-state index contributed by atoms with van der Waals surface area (Å²) in [6, 6.07) is 2.21. The van der Waals surface area contributed by atoms with E-state index >= 15 is 0 Å². The van der Waals surface area contributed by atoms with Crippen LogP contribution < -0.4 is 4.90 Å². The molecule has 1 aromatic rings. The molecule has 1 aromatic heterocycles.